The lowest BCUT2D eigenvalue weighted by Crippen LogP contribution is -2.39. The fourth-order valence-electron chi connectivity index (χ4n) is 1.31. The van der Waals surface area contributed by atoms with Gasteiger partial charge >= 0.3 is 5.97 Å². The number of carboxylic acid groups (broad SMARTS) is 1. The molecule has 0 spiro atoms. The average Bonchev–Trinajstić information content (AvgIpc) is 2.29. The fourth-order valence-corrected chi connectivity index (χ4v) is 1.31. The van der Waals surface area contributed by atoms with Gasteiger partial charge in [-0.2, -0.15) is 0 Å². The molecule has 3 N–H and O–H groups in total. The molecule has 0 aromatic heterocycles. The molecule has 0 saturated carbocycles. The van der Waals surface area contributed by atoms with Gasteiger partial charge in [0, 0.05) is 18.3 Å². The van der Waals surface area contributed by atoms with E-state index in [0.717, 1.165) is 0 Å². The Morgan fingerprint density at radius 3 is 2.76 bits per heavy atom. The number of rotatable bonds is 6. The molecule has 1 aromatic rings. The van der Waals surface area contributed by atoms with Crippen LogP contribution in [0.25, 0.3) is 0 Å². The second kappa shape index (κ2) is 6.05. The molecule has 1 aromatic carbocycles. The van der Waals surface area contributed by atoms with Gasteiger partial charge in [-0.05, 0) is 19.2 Å². The molecule has 0 aliphatic heterocycles. The summed E-state index contributed by atoms with van der Waals surface area (Å²) in [5, 5.41) is 14.3. The molecule has 0 aliphatic carbocycles. The van der Waals surface area contributed by atoms with Crippen LogP contribution in [0, 0.1) is 5.82 Å². The van der Waals surface area contributed by atoms with Crippen LogP contribution >= 0.6 is 0 Å². The van der Waals surface area contributed by atoms with E-state index >= 15 is 0 Å². The first-order chi connectivity index (χ1) is 8.08. The van der Waals surface area contributed by atoms with E-state index in [0.29, 0.717) is 5.69 Å². The first kappa shape index (κ1) is 13.2. The summed E-state index contributed by atoms with van der Waals surface area (Å²) in [6.07, 6.45) is 0. The molecule has 1 unspecified atom stereocenters. The van der Waals surface area contributed by atoms with Crippen LogP contribution in [0.3, 0.4) is 0 Å². The smallest absolute Gasteiger partial charge is 0.322 e. The molecule has 0 aliphatic rings. The molecule has 1 atom stereocenters. The number of anilines is 1. The van der Waals surface area contributed by atoms with Gasteiger partial charge in [-0.25, -0.2) is 4.39 Å². The number of halogens is 1. The van der Waals surface area contributed by atoms with Crippen molar-refractivity contribution >= 4 is 11.7 Å². The molecule has 1 rings (SSSR count). The van der Waals surface area contributed by atoms with Gasteiger partial charge in [-0.3, -0.25) is 4.79 Å². The number of carbonyl (C=O) groups is 1. The monoisotopic (exact) mass is 242 g/mol. The number of hydrogen-bond acceptors (Lipinski definition) is 4. The van der Waals surface area contributed by atoms with Crippen molar-refractivity contribution in [2.24, 2.45) is 0 Å². The highest BCUT2D eigenvalue weighted by molar-refractivity contribution is 5.74. The zero-order chi connectivity index (χ0) is 12.8. The number of hydrogen-bond donors (Lipinski definition) is 3. The van der Waals surface area contributed by atoms with E-state index in [1.807, 2.05) is 0 Å². The number of likely N-dealkylation sites (N-methyl/N-ethyl adjacent to an activating group) is 1. The second-order valence-electron chi connectivity index (χ2n) is 3.41. The summed E-state index contributed by atoms with van der Waals surface area (Å²) in [4.78, 5) is 10.7. The Bertz CT molecular complexity index is 398. The number of aliphatic carboxylic acids is 1. The van der Waals surface area contributed by atoms with Crippen LogP contribution in [0.1, 0.15) is 0 Å². The molecule has 17 heavy (non-hydrogen) atoms. The summed E-state index contributed by atoms with van der Waals surface area (Å²) in [7, 11) is 2.93. The van der Waals surface area contributed by atoms with Gasteiger partial charge in [-0.15, -0.1) is 0 Å². The maximum atomic E-state index is 13.3. The summed E-state index contributed by atoms with van der Waals surface area (Å²) in [6, 6.07) is 3.64. The van der Waals surface area contributed by atoms with Crippen LogP contribution in [0.2, 0.25) is 0 Å². The van der Waals surface area contributed by atoms with Crippen LogP contribution < -0.4 is 15.4 Å². The van der Waals surface area contributed by atoms with Gasteiger partial charge < -0.3 is 20.5 Å². The summed E-state index contributed by atoms with van der Waals surface area (Å²) < 4.78 is 18.1. The summed E-state index contributed by atoms with van der Waals surface area (Å²) in [6.45, 7) is 0.164. The largest absolute Gasteiger partial charge is 0.494 e. The zero-order valence-corrected chi connectivity index (χ0v) is 9.66. The Labute approximate surface area is 98.6 Å². The SMILES string of the molecule is CNC(CNc1ccc(OC)c(F)c1)C(=O)O. The third kappa shape index (κ3) is 3.60. The van der Waals surface area contributed by atoms with Gasteiger partial charge in [0.25, 0.3) is 0 Å². The van der Waals surface area contributed by atoms with Crippen molar-refractivity contribution in [3.05, 3.63) is 24.0 Å². The summed E-state index contributed by atoms with van der Waals surface area (Å²) >= 11 is 0. The predicted molar refractivity (Wildman–Crippen MR) is 61.9 cm³/mol. The standard InChI is InChI=1S/C11H15FN2O3/c1-13-9(11(15)16)6-14-7-3-4-10(17-2)8(12)5-7/h3-5,9,13-14H,6H2,1-2H3,(H,15,16). The topological polar surface area (TPSA) is 70.6 Å². The molecule has 0 heterocycles. The van der Waals surface area contributed by atoms with E-state index in [-0.39, 0.29) is 12.3 Å². The van der Waals surface area contributed by atoms with Gasteiger partial charge in [0.15, 0.2) is 11.6 Å². The summed E-state index contributed by atoms with van der Waals surface area (Å²) in [5.74, 6) is -1.30. The molecular formula is C11H15FN2O3. The summed E-state index contributed by atoms with van der Waals surface area (Å²) in [5.41, 5.74) is 0.504. The lowest BCUT2D eigenvalue weighted by Gasteiger charge is -2.13. The first-order valence-electron chi connectivity index (χ1n) is 5.06. The zero-order valence-electron chi connectivity index (χ0n) is 9.66. The average molecular weight is 242 g/mol. The highest BCUT2D eigenvalue weighted by atomic mass is 19.1. The predicted octanol–water partition coefficient (Wildman–Crippen LogP) is 0.919. The molecule has 0 amide bonds. The lowest BCUT2D eigenvalue weighted by atomic mass is 10.2. The third-order valence-electron chi connectivity index (χ3n) is 2.31. The molecule has 0 radical (unpaired) electrons. The molecule has 0 saturated heterocycles. The molecule has 5 nitrogen and oxygen atoms in total. The normalized spacial score (nSPS) is 11.9. The minimum Gasteiger partial charge on any atom is -0.494 e. The Morgan fingerprint density at radius 1 is 1.59 bits per heavy atom. The Kier molecular flexibility index (Phi) is 4.71. The van der Waals surface area contributed by atoms with Crippen molar-refractivity contribution in [1.82, 2.24) is 5.32 Å². The quantitative estimate of drug-likeness (QED) is 0.692. The molecule has 94 valence electrons. The van der Waals surface area contributed by atoms with Gasteiger partial charge in [0.2, 0.25) is 0 Å². The van der Waals surface area contributed by atoms with Crippen molar-refractivity contribution in [1.29, 1.82) is 0 Å². The number of ether oxygens (including phenoxy) is 1. The Morgan fingerprint density at radius 2 is 2.29 bits per heavy atom. The van der Waals surface area contributed by atoms with Crippen molar-refractivity contribution in [2.75, 3.05) is 26.0 Å². The molecule has 6 heteroatoms. The highest BCUT2D eigenvalue weighted by Crippen LogP contribution is 2.20. The third-order valence-corrected chi connectivity index (χ3v) is 2.31. The van der Waals surface area contributed by atoms with Crippen LogP contribution in [-0.2, 0) is 4.79 Å². The number of nitrogens with one attached hydrogen (secondary N) is 2. The molecular weight excluding hydrogens is 227 g/mol. The van der Waals surface area contributed by atoms with Crippen LogP contribution in [0.15, 0.2) is 18.2 Å². The van der Waals surface area contributed by atoms with Crippen molar-refractivity contribution < 1.29 is 19.0 Å². The van der Waals surface area contributed by atoms with Gasteiger partial charge in [-0.1, -0.05) is 0 Å². The van der Waals surface area contributed by atoms with E-state index in [9.17, 15) is 9.18 Å². The number of carboxylic acids is 1. The minimum absolute atomic E-state index is 0.152. The van der Waals surface area contributed by atoms with E-state index in [1.165, 1.54) is 19.2 Å². The minimum atomic E-state index is -0.964. The van der Waals surface area contributed by atoms with E-state index in [2.05, 4.69) is 10.6 Å². The Hall–Kier alpha value is -1.82. The highest BCUT2D eigenvalue weighted by Gasteiger charge is 2.14. The first-order valence-corrected chi connectivity index (χ1v) is 5.06. The lowest BCUT2D eigenvalue weighted by molar-refractivity contribution is -0.138. The van der Waals surface area contributed by atoms with Gasteiger partial charge in [0.05, 0.1) is 7.11 Å². The van der Waals surface area contributed by atoms with E-state index < -0.39 is 17.8 Å². The fraction of sp³-hybridized carbons (Fsp3) is 0.364. The van der Waals surface area contributed by atoms with Crippen molar-refractivity contribution in [2.45, 2.75) is 6.04 Å². The van der Waals surface area contributed by atoms with Gasteiger partial charge in [0.1, 0.15) is 6.04 Å². The Balaban J connectivity index is 2.63. The van der Waals surface area contributed by atoms with Crippen molar-refractivity contribution in [3.8, 4) is 5.75 Å². The van der Waals surface area contributed by atoms with Crippen LogP contribution in [0.4, 0.5) is 10.1 Å². The van der Waals surface area contributed by atoms with E-state index in [4.69, 9.17) is 9.84 Å². The number of benzene rings is 1. The van der Waals surface area contributed by atoms with Crippen LogP contribution in [0.5, 0.6) is 5.75 Å². The number of methoxy groups -OCH3 is 1. The molecule has 0 fully saturated rings. The van der Waals surface area contributed by atoms with E-state index in [1.54, 1.807) is 13.1 Å². The molecule has 0 bridgehead atoms. The second-order valence-corrected chi connectivity index (χ2v) is 3.41. The van der Waals surface area contributed by atoms with Crippen molar-refractivity contribution in [3.63, 3.8) is 0 Å². The maximum absolute atomic E-state index is 13.3. The maximum Gasteiger partial charge on any atom is 0.322 e. The van der Waals surface area contributed by atoms with Crippen LogP contribution in [-0.4, -0.2) is 37.8 Å².